The van der Waals surface area contributed by atoms with Gasteiger partial charge in [0.2, 0.25) is 0 Å². The molecule has 17 heavy (non-hydrogen) atoms. The Bertz CT molecular complexity index is 101. The molecule has 0 aromatic carbocycles. The van der Waals surface area contributed by atoms with Gasteiger partial charge in [-0.15, -0.1) is 0 Å². The Morgan fingerprint density at radius 1 is 0.529 bits per heavy atom. The first-order valence-electron chi connectivity index (χ1n) is 7.62. The van der Waals surface area contributed by atoms with E-state index in [1.807, 2.05) is 0 Å². The Kier molecular flexibility index (Phi) is 20.7. The fourth-order valence-electron chi connectivity index (χ4n) is 2.04. The summed E-state index contributed by atoms with van der Waals surface area (Å²) >= 11 is 0. The molecule has 0 aliphatic carbocycles. The molecule has 0 aromatic rings. The molecule has 0 atom stereocenters. The fraction of sp³-hybridized carbons (Fsp3) is 1.00. The van der Waals surface area contributed by atoms with Crippen LogP contribution in [-0.4, -0.2) is 13.1 Å². The maximum absolute atomic E-state index is 3.46. The molecular formula is C15H36N2. The fourth-order valence-corrected chi connectivity index (χ4v) is 2.04. The van der Waals surface area contributed by atoms with Crippen LogP contribution in [0, 0.1) is 0 Å². The third kappa shape index (κ3) is 18.5. The van der Waals surface area contributed by atoms with Gasteiger partial charge < -0.3 is 11.5 Å². The van der Waals surface area contributed by atoms with Crippen LogP contribution in [-0.2, 0) is 0 Å². The Hall–Kier alpha value is -0.0800. The molecule has 0 bridgehead atoms. The van der Waals surface area contributed by atoms with Gasteiger partial charge in [0.1, 0.15) is 0 Å². The number of unbranched alkanes of at least 4 members (excludes halogenated alkanes) is 9. The minimum Gasteiger partial charge on any atom is -0.344 e. The van der Waals surface area contributed by atoms with Crippen LogP contribution in [0.15, 0.2) is 0 Å². The van der Waals surface area contributed by atoms with E-state index in [1.54, 1.807) is 0 Å². The van der Waals surface area contributed by atoms with Crippen LogP contribution in [0.5, 0.6) is 0 Å². The minimum absolute atomic E-state index is 0. The summed E-state index contributed by atoms with van der Waals surface area (Å²) in [6, 6.07) is 0. The number of hydrogen-bond acceptors (Lipinski definition) is 2. The van der Waals surface area contributed by atoms with Gasteiger partial charge >= 0.3 is 0 Å². The first-order chi connectivity index (χ1) is 7.91. The summed E-state index contributed by atoms with van der Waals surface area (Å²) in [5, 5.41) is 3.46. The van der Waals surface area contributed by atoms with Crippen molar-refractivity contribution in [2.24, 2.45) is 0 Å². The highest BCUT2D eigenvalue weighted by Crippen LogP contribution is 2.10. The molecule has 0 fully saturated rings. The second-order valence-electron chi connectivity index (χ2n) is 4.93. The average molecular weight is 244 g/mol. The van der Waals surface area contributed by atoms with E-state index in [0.29, 0.717) is 0 Å². The van der Waals surface area contributed by atoms with Gasteiger partial charge in [-0.25, -0.2) is 0 Å². The van der Waals surface area contributed by atoms with Crippen molar-refractivity contribution in [2.75, 3.05) is 13.1 Å². The third-order valence-electron chi connectivity index (χ3n) is 3.13. The zero-order valence-corrected chi connectivity index (χ0v) is 12.4. The molecule has 0 aliphatic rings. The zero-order valence-electron chi connectivity index (χ0n) is 12.4. The van der Waals surface area contributed by atoms with Crippen molar-refractivity contribution in [1.82, 2.24) is 11.5 Å². The smallest absolute Gasteiger partial charge is 0.00489 e. The van der Waals surface area contributed by atoms with Crippen LogP contribution in [0.2, 0.25) is 0 Å². The molecule has 0 aromatic heterocycles. The van der Waals surface area contributed by atoms with E-state index < -0.39 is 0 Å². The lowest BCUT2D eigenvalue weighted by atomic mass is 10.1. The quantitative estimate of drug-likeness (QED) is 0.444. The highest BCUT2D eigenvalue weighted by Gasteiger charge is 1.92. The number of hydrogen-bond donors (Lipinski definition) is 2. The van der Waals surface area contributed by atoms with Gasteiger partial charge in [0.15, 0.2) is 0 Å². The standard InChI is InChI=1S/C15H33N.H3N/c1-3-5-6-7-8-9-10-11-12-13-15-16-14-4-2;/h16H,3-15H2,1-2H3;1H3. The zero-order chi connectivity index (χ0) is 11.9. The van der Waals surface area contributed by atoms with Crippen LogP contribution in [0.25, 0.3) is 0 Å². The van der Waals surface area contributed by atoms with Crippen LogP contribution < -0.4 is 11.5 Å². The van der Waals surface area contributed by atoms with Crippen molar-refractivity contribution in [1.29, 1.82) is 0 Å². The van der Waals surface area contributed by atoms with E-state index in [1.165, 1.54) is 83.7 Å². The number of nitrogens with one attached hydrogen (secondary N) is 1. The van der Waals surface area contributed by atoms with Gasteiger partial charge in [-0.05, 0) is 25.9 Å². The number of rotatable bonds is 13. The molecule has 0 saturated heterocycles. The normalized spacial score (nSPS) is 10.2. The van der Waals surface area contributed by atoms with Gasteiger partial charge in [0.05, 0.1) is 0 Å². The van der Waals surface area contributed by atoms with Crippen molar-refractivity contribution >= 4 is 0 Å². The first-order valence-corrected chi connectivity index (χ1v) is 7.62. The van der Waals surface area contributed by atoms with Crippen molar-refractivity contribution < 1.29 is 0 Å². The monoisotopic (exact) mass is 244 g/mol. The lowest BCUT2D eigenvalue weighted by Gasteiger charge is -2.03. The van der Waals surface area contributed by atoms with E-state index in [9.17, 15) is 0 Å². The molecule has 0 unspecified atom stereocenters. The molecule has 4 N–H and O–H groups in total. The Labute approximate surface area is 110 Å². The van der Waals surface area contributed by atoms with Crippen LogP contribution in [0.4, 0.5) is 0 Å². The van der Waals surface area contributed by atoms with Crippen LogP contribution in [0.1, 0.15) is 84.5 Å². The lowest BCUT2D eigenvalue weighted by molar-refractivity contribution is 0.543. The maximum atomic E-state index is 3.46. The van der Waals surface area contributed by atoms with E-state index in [0.717, 1.165) is 0 Å². The van der Waals surface area contributed by atoms with Gasteiger partial charge in [-0.3, -0.25) is 0 Å². The topological polar surface area (TPSA) is 47.0 Å². The lowest BCUT2D eigenvalue weighted by Crippen LogP contribution is -2.15. The summed E-state index contributed by atoms with van der Waals surface area (Å²) < 4.78 is 0. The molecule has 0 heterocycles. The Balaban J connectivity index is 0. The van der Waals surface area contributed by atoms with Gasteiger partial charge in [-0.1, -0.05) is 71.6 Å². The summed E-state index contributed by atoms with van der Waals surface area (Å²) in [6.07, 6.45) is 15.6. The van der Waals surface area contributed by atoms with Crippen LogP contribution >= 0.6 is 0 Å². The Morgan fingerprint density at radius 3 is 1.47 bits per heavy atom. The molecular weight excluding hydrogens is 208 g/mol. The summed E-state index contributed by atoms with van der Waals surface area (Å²) in [5.74, 6) is 0. The molecule has 0 amide bonds. The van der Waals surface area contributed by atoms with Gasteiger partial charge in [-0.2, -0.15) is 0 Å². The molecule has 0 aliphatic heterocycles. The van der Waals surface area contributed by atoms with Crippen molar-refractivity contribution in [3.05, 3.63) is 0 Å². The molecule has 106 valence electrons. The second-order valence-corrected chi connectivity index (χ2v) is 4.93. The average Bonchev–Trinajstić information content (AvgIpc) is 2.31. The summed E-state index contributed by atoms with van der Waals surface area (Å²) in [4.78, 5) is 0. The summed E-state index contributed by atoms with van der Waals surface area (Å²) in [5.41, 5.74) is 0. The SMILES string of the molecule is CCCCCCCCCCCCNCCC.N. The largest absolute Gasteiger partial charge is 0.344 e. The summed E-state index contributed by atoms with van der Waals surface area (Å²) in [6.45, 7) is 6.93. The third-order valence-corrected chi connectivity index (χ3v) is 3.13. The van der Waals surface area contributed by atoms with Gasteiger partial charge in [0, 0.05) is 0 Å². The van der Waals surface area contributed by atoms with E-state index in [-0.39, 0.29) is 6.15 Å². The highest BCUT2D eigenvalue weighted by atomic mass is 14.8. The Morgan fingerprint density at radius 2 is 1.00 bits per heavy atom. The van der Waals surface area contributed by atoms with E-state index in [4.69, 9.17) is 0 Å². The van der Waals surface area contributed by atoms with Crippen molar-refractivity contribution in [3.8, 4) is 0 Å². The predicted octanol–water partition coefficient (Wildman–Crippen LogP) is 5.07. The van der Waals surface area contributed by atoms with Crippen molar-refractivity contribution in [2.45, 2.75) is 84.5 Å². The second kappa shape index (κ2) is 18.3. The molecule has 0 spiro atoms. The maximum Gasteiger partial charge on any atom is -0.00489 e. The highest BCUT2D eigenvalue weighted by molar-refractivity contribution is 4.50. The molecule has 0 saturated carbocycles. The summed E-state index contributed by atoms with van der Waals surface area (Å²) in [7, 11) is 0. The molecule has 2 heteroatoms. The van der Waals surface area contributed by atoms with Gasteiger partial charge in [0.25, 0.3) is 0 Å². The molecule has 2 nitrogen and oxygen atoms in total. The van der Waals surface area contributed by atoms with Crippen molar-refractivity contribution in [3.63, 3.8) is 0 Å². The molecule has 0 radical (unpaired) electrons. The van der Waals surface area contributed by atoms with Crippen LogP contribution in [0.3, 0.4) is 0 Å². The first kappa shape index (κ1) is 19.3. The van der Waals surface area contributed by atoms with E-state index in [2.05, 4.69) is 19.2 Å². The predicted molar refractivity (Wildman–Crippen MR) is 80.0 cm³/mol. The van der Waals surface area contributed by atoms with E-state index >= 15 is 0 Å². The minimum atomic E-state index is 0. The molecule has 0 rings (SSSR count).